The van der Waals surface area contributed by atoms with Crippen molar-refractivity contribution in [2.45, 2.75) is 0 Å². The topological polar surface area (TPSA) is 45.2 Å². The summed E-state index contributed by atoms with van der Waals surface area (Å²) in [6.07, 6.45) is 0.737. The fourth-order valence-electron chi connectivity index (χ4n) is 0.620. The summed E-state index contributed by atoms with van der Waals surface area (Å²) in [5.41, 5.74) is 1.03. The molecule has 1 rings (SSSR count). The van der Waals surface area contributed by atoms with Crippen molar-refractivity contribution in [3.8, 4) is 0 Å². The number of carbonyl (C=O) groups excluding carboxylic acids is 1. The number of hydrogen-bond donors (Lipinski definition) is 0. The summed E-state index contributed by atoms with van der Waals surface area (Å²) in [5.74, 6) is 0. The molecule has 0 saturated heterocycles. The van der Waals surface area contributed by atoms with Gasteiger partial charge < -0.3 is 0 Å². The van der Waals surface area contributed by atoms with Crippen LogP contribution in [0.5, 0.6) is 0 Å². The highest BCUT2D eigenvalue weighted by molar-refractivity contribution is 5.75. The van der Waals surface area contributed by atoms with Crippen LogP contribution < -0.4 is 0 Å². The molecule has 0 aliphatic carbocycles. The Hall–Kier alpha value is -1.69. The van der Waals surface area contributed by atoms with Gasteiger partial charge in [0.05, 0.1) is 0 Å². The first kappa shape index (κ1) is 6.43. The Morgan fingerprint density at radius 1 is 1.30 bits per heavy atom. The molecular weight excluding hydrogens is 128 g/mol. The molecule has 0 N–H and O–H groups in total. The zero-order valence-electron chi connectivity index (χ0n) is 5.19. The average molecular weight is 133 g/mol. The van der Waals surface area contributed by atoms with Crippen molar-refractivity contribution < 1.29 is 4.79 Å². The molecule has 3 heteroatoms. The van der Waals surface area contributed by atoms with Crippen molar-refractivity contribution in [1.82, 2.24) is 0 Å². The van der Waals surface area contributed by atoms with Crippen LogP contribution in [0.2, 0.25) is 0 Å². The molecule has 0 heterocycles. The molecule has 0 aliphatic heterocycles. The van der Waals surface area contributed by atoms with Gasteiger partial charge in [-0.3, -0.25) is 4.79 Å². The van der Waals surface area contributed by atoms with E-state index < -0.39 is 0 Å². The van der Waals surface area contributed by atoms with E-state index >= 15 is 0 Å². The number of benzene rings is 1. The summed E-state index contributed by atoms with van der Waals surface area (Å²) in [7, 11) is 0. The van der Waals surface area contributed by atoms with Crippen LogP contribution in [0.4, 0.5) is 5.69 Å². The molecule has 10 heavy (non-hydrogen) atoms. The quantitative estimate of drug-likeness (QED) is 0.434. The van der Waals surface area contributed by atoms with Crippen LogP contribution in [0.15, 0.2) is 24.3 Å². The van der Waals surface area contributed by atoms with Gasteiger partial charge in [-0.1, -0.05) is 0 Å². The lowest BCUT2D eigenvalue weighted by Crippen LogP contribution is -1.74. The number of carbonyl (C=O) groups is 1. The summed E-state index contributed by atoms with van der Waals surface area (Å²) >= 11 is 0. The van der Waals surface area contributed by atoms with E-state index in [1.807, 2.05) is 0 Å². The minimum atomic E-state index is 0.450. The predicted molar refractivity (Wildman–Crippen MR) is 36.6 cm³/mol. The summed E-state index contributed by atoms with van der Waals surface area (Å²) in [6, 6.07) is 6.29. The number of nitrogens with zero attached hydrogens (tertiary/aromatic N) is 2. The monoisotopic (exact) mass is 133 g/mol. The molecule has 0 aliphatic rings. The van der Waals surface area contributed by atoms with E-state index in [-0.39, 0.29) is 0 Å². The Kier molecular flexibility index (Phi) is 1.76. The third-order valence-electron chi connectivity index (χ3n) is 1.14. The molecule has 1 aromatic rings. The second-order valence-electron chi connectivity index (χ2n) is 1.81. The van der Waals surface area contributed by atoms with E-state index in [2.05, 4.69) is 4.98 Å². The van der Waals surface area contributed by atoms with Gasteiger partial charge in [0.2, 0.25) is 5.39 Å². The van der Waals surface area contributed by atoms with E-state index in [0.29, 0.717) is 11.3 Å². The molecule has 0 atom stereocenters. The Labute approximate surface area is 57.9 Å². The van der Waals surface area contributed by atoms with Crippen LogP contribution in [0.1, 0.15) is 10.4 Å². The minimum Gasteiger partial charge on any atom is -0.298 e. The fraction of sp³-hybridized carbons (Fsp3) is 0. The van der Waals surface area contributed by atoms with E-state index in [9.17, 15) is 4.79 Å². The maximum absolute atomic E-state index is 10.1. The van der Waals surface area contributed by atoms with Crippen molar-refractivity contribution in [3.63, 3.8) is 0 Å². The van der Waals surface area contributed by atoms with E-state index in [4.69, 9.17) is 5.39 Å². The van der Waals surface area contributed by atoms with Crippen LogP contribution >= 0.6 is 0 Å². The maximum atomic E-state index is 10.1. The first-order chi connectivity index (χ1) is 4.86. The lowest BCUT2D eigenvalue weighted by atomic mass is 10.2. The smallest absolute Gasteiger partial charge is 0.298 e. The third-order valence-corrected chi connectivity index (χ3v) is 1.14. The molecule has 0 fully saturated rings. The van der Waals surface area contributed by atoms with Crippen LogP contribution in [-0.2, 0) is 0 Å². The Balaban J connectivity index is 3.04. The molecule has 0 spiro atoms. The van der Waals surface area contributed by atoms with Gasteiger partial charge in [0, 0.05) is 17.7 Å². The summed E-state index contributed by atoms with van der Waals surface area (Å²) in [5, 5.41) is 8.24. The Morgan fingerprint density at radius 2 is 1.90 bits per heavy atom. The Bertz CT molecular complexity index is 271. The standard InChI is InChI=1S/C7H5N2O/c8-9-7-3-1-6(5-10)2-4-7/h1-5H/q+1. The molecule has 0 bridgehead atoms. The van der Waals surface area contributed by atoms with Crippen LogP contribution in [0.25, 0.3) is 4.98 Å². The fourth-order valence-corrected chi connectivity index (χ4v) is 0.620. The first-order valence-electron chi connectivity index (χ1n) is 2.77. The van der Waals surface area contributed by atoms with Crippen LogP contribution in [0, 0.1) is 5.39 Å². The summed E-state index contributed by atoms with van der Waals surface area (Å²) < 4.78 is 0. The molecule has 0 aromatic heterocycles. The number of aldehydes is 1. The van der Waals surface area contributed by atoms with E-state index in [1.165, 1.54) is 0 Å². The van der Waals surface area contributed by atoms with Gasteiger partial charge in [0.25, 0.3) is 0 Å². The van der Waals surface area contributed by atoms with Gasteiger partial charge in [0.1, 0.15) is 6.29 Å². The largest absolute Gasteiger partial charge is 0.385 e. The van der Waals surface area contributed by atoms with E-state index in [1.54, 1.807) is 24.3 Å². The van der Waals surface area contributed by atoms with Crippen molar-refractivity contribution in [2.75, 3.05) is 0 Å². The lowest BCUT2D eigenvalue weighted by molar-refractivity contribution is 0.112. The molecule has 0 radical (unpaired) electrons. The average Bonchev–Trinajstić information content (AvgIpc) is 2.05. The predicted octanol–water partition coefficient (Wildman–Crippen LogP) is 1.98. The van der Waals surface area contributed by atoms with Crippen LogP contribution in [0.3, 0.4) is 0 Å². The second-order valence-corrected chi connectivity index (χ2v) is 1.81. The highest BCUT2D eigenvalue weighted by atomic mass is 16.1. The Morgan fingerprint density at radius 3 is 2.30 bits per heavy atom. The lowest BCUT2D eigenvalue weighted by Gasteiger charge is -1.80. The van der Waals surface area contributed by atoms with Crippen molar-refractivity contribution >= 4 is 12.0 Å². The molecule has 3 nitrogen and oxygen atoms in total. The molecule has 48 valence electrons. The van der Waals surface area contributed by atoms with Gasteiger partial charge >= 0.3 is 5.69 Å². The van der Waals surface area contributed by atoms with Gasteiger partial charge in [0.15, 0.2) is 4.98 Å². The SMILES string of the molecule is N#[N+]c1ccc(C=O)cc1. The molecular formula is C7H5N2O+. The zero-order chi connectivity index (χ0) is 7.40. The van der Waals surface area contributed by atoms with Gasteiger partial charge in [-0.2, -0.15) is 0 Å². The molecule has 1 aromatic carbocycles. The maximum Gasteiger partial charge on any atom is 0.385 e. The molecule has 0 amide bonds. The highest BCUT2D eigenvalue weighted by Gasteiger charge is 2.00. The van der Waals surface area contributed by atoms with Crippen molar-refractivity contribution in [2.24, 2.45) is 0 Å². The van der Waals surface area contributed by atoms with Gasteiger partial charge in [-0.15, -0.1) is 0 Å². The number of rotatable bonds is 1. The zero-order valence-corrected chi connectivity index (χ0v) is 5.19. The van der Waals surface area contributed by atoms with Crippen LogP contribution in [-0.4, -0.2) is 6.29 Å². The second kappa shape index (κ2) is 2.74. The highest BCUT2D eigenvalue weighted by Crippen LogP contribution is 2.10. The van der Waals surface area contributed by atoms with Gasteiger partial charge in [-0.05, 0) is 12.1 Å². The number of diazo groups is 1. The normalized spacial score (nSPS) is 8.30. The van der Waals surface area contributed by atoms with E-state index in [0.717, 1.165) is 6.29 Å². The van der Waals surface area contributed by atoms with Gasteiger partial charge in [-0.25, -0.2) is 0 Å². The first-order valence-corrected chi connectivity index (χ1v) is 2.77. The third kappa shape index (κ3) is 1.17. The van der Waals surface area contributed by atoms with Crippen molar-refractivity contribution in [3.05, 3.63) is 34.8 Å². The summed E-state index contributed by atoms with van der Waals surface area (Å²) in [4.78, 5) is 13.0. The van der Waals surface area contributed by atoms with Crippen molar-refractivity contribution in [1.29, 1.82) is 5.39 Å². The summed E-state index contributed by atoms with van der Waals surface area (Å²) in [6.45, 7) is 0. The minimum absolute atomic E-state index is 0.450. The number of hydrogen-bond acceptors (Lipinski definition) is 2. The molecule has 0 unspecified atom stereocenters. The molecule has 0 saturated carbocycles.